The van der Waals surface area contributed by atoms with Crippen LogP contribution < -0.4 is 0 Å². The first-order valence-corrected chi connectivity index (χ1v) is 3.79. The number of carbonyl (C=O) groups excluding carboxylic acids is 1. The molecule has 0 unspecified atom stereocenters. The zero-order chi connectivity index (χ0) is 11.5. The van der Waals surface area contributed by atoms with Crippen molar-refractivity contribution < 1.29 is 32.2 Å². The fourth-order valence-electron chi connectivity index (χ4n) is 0.740. The molecule has 1 rings (SSSR count). The molecule has 0 saturated heterocycles. The molecular weight excluding hydrogens is 217 g/mol. The van der Waals surface area contributed by atoms with Gasteiger partial charge < -0.3 is 14.2 Å². The van der Waals surface area contributed by atoms with Crippen LogP contribution in [0.2, 0.25) is 0 Å². The van der Waals surface area contributed by atoms with Gasteiger partial charge >= 0.3 is 12.1 Å². The summed E-state index contributed by atoms with van der Waals surface area (Å²) in [7, 11) is 0. The summed E-state index contributed by atoms with van der Waals surface area (Å²) in [4.78, 5) is 11.0. The van der Waals surface area contributed by atoms with Crippen molar-refractivity contribution in [2.45, 2.75) is 12.5 Å². The second-order valence-corrected chi connectivity index (χ2v) is 2.59. The van der Waals surface area contributed by atoms with Gasteiger partial charge in [-0.3, -0.25) is 0 Å². The lowest BCUT2D eigenvalue weighted by molar-refractivity contribution is -0.185. The smallest absolute Gasteiger partial charge is 0.422 e. The number of esters is 1. The largest absolute Gasteiger partial charge is 0.455 e. The normalized spacial score (nSPS) is 15.7. The summed E-state index contributed by atoms with van der Waals surface area (Å²) in [5, 5.41) is 0. The fraction of sp³-hybridized carbons (Fsp3) is 0.375. The van der Waals surface area contributed by atoms with Crippen LogP contribution in [-0.4, -0.2) is 25.0 Å². The van der Waals surface area contributed by atoms with Crippen LogP contribution in [0.3, 0.4) is 0 Å². The highest BCUT2D eigenvalue weighted by Crippen LogP contribution is 2.18. The van der Waals surface area contributed by atoms with Gasteiger partial charge in [0, 0.05) is 0 Å². The summed E-state index contributed by atoms with van der Waals surface area (Å²) in [6.45, 7) is 1.54. The van der Waals surface area contributed by atoms with Crippen LogP contribution in [-0.2, 0) is 19.0 Å². The third-order valence-corrected chi connectivity index (χ3v) is 1.37. The zero-order valence-corrected chi connectivity index (χ0v) is 7.41. The molecule has 0 aromatic rings. The summed E-state index contributed by atoms with van der Waals surface area (Å²) < 4.78 is 48.3. The Bertz CT molecular complexity index is 287. The molecule has 1 heterocycles. The van der Waals surface area contributed by atoms with Gasteiger partial charge in [-0.1, -0.05) is 6.58 Å². The maximum Gasteiger partial charge on any atom is 0.422 e. The van der Waals surface area contributed by atoms with Crippen LogP contribution in [0.1, 0.15) is 0 Å². The maximum absolute atomic E-state index is 11.7. The van der Waals surface area contributed by atoms with Gasteiger partial charge in [0.1, 0.15) is 18.1 Å². The molecule has 0 fully saturated rings. The van der Waals surface area contributed by atoms with Gasteiger partial charge in [-0.2, -0.15) is 13.2 Å². The molecule has 1 aliphatic rings. The van der Waals surface area contributed by atoms with Gasteiger partial charge in [0.25, 0.3) is 6.29 Å². The third kappa shape index (κ3) is 3.53. The van der Waals surface area contributed by atoms with Crippen molar-refractivity contribution in [1.82, 2.24) is 0 Å². The highest BCUT2D eigenvalue weighted by molar-refractivity contribution is 5.88. The maximum atomic E-state index is 11.7. The lowest BCUT2D eigenvalue weighted by Crippen LogP contribution is -2.25. The van der Waals surface area contributed by atoms with Gasteiger partial charge in [0.2, 0.25) is 0 Å². The van der Waals surface area contributed by atoms with E-state index in [9.17, 15) is 18.0 Å². The molecule has 0 bridgehead atoms. The molecule has 0 saturated carbocycles. The van der Waals surface area contributed by atoms with Crippen molar-refractivity contribution >= 4 is 5.97 Å². The third-order valence-electron chi connectivity index (χ3n) is 1.37. The summed E-state index contributed by atoms with van der Waals surface area (Å²) >= 11 is 0. The Kier molecular flexibility index (Phi) is 3.23. The topological polar surface area (TPSA) is 44.8 Å². The van der Waals surface area contributed by atoms with Crippen molar-refractivity contribution in [3.05, 3.63) is 24.7 Å². The molecule has 0 N–H and O–H groups in total. The highest BCUT2D eigenvalue weighted by Gasteiger charge is 2.32. The van der Waals surface area contributed by atoms with E-state index < -0.39 is 25.0 Å². The lowest BCUT2D eigenvalue weighted by Gasteiger charge is -2.13. The predicted molar refractivity (Wildman–Crippen MR) is 41.3 cm³/mol. The van der Waals surface area contributed by atoms with Crippen LogP contribution in [0, 0.1) is 0 Å². The first-order valence-electron chi connectivity index (χ1n) is 3.79. The van der Waals surface area contributed by atoms with Crippen molar-refractivity contribution in [3.63, 3.8) is 0 Å². The Labute approximate surface area is 82.9 Å². The van der Waals surface area contributed by atoms with Gasteiger partial charge in [-0.25, -0.2) is 4.79 Å². The van der Waals surface area contributed by atoms with E-state index in [2.05, 4.69) is 20.8 Å². The molecule has 0 aromatic heterocycles. The Morgan fingerprint density at radius 2 is 1.93 bits per heavy atom. The zero-order valence-electron chi connectivity index (χ0n) is 7.41. The van der Waals surface area contributed by atoms with Gasteiger partial charge in [-0.15, -0.1) is 0 Å². The number of ether oxygens (including phenoxy) is 3. The average Bonchev–Trinajstić information content (AvgIpc) is 2.64. The first-order chi connectivity index (χ1) is 6.90. The standard InChI is InChI=1S/C8H7F3O4/c1-5(7-13-2-3-14-7)6(12)15-4-8(9,10)11/h2-3,7H,1,4H2. The number of alkyl halides is 3. The second-order valence-electron chi connectivity index (χ2n) is 2.59. The SMILES string of the molecule is C=C(C(=O)OCC(F)(F)F)C1OC=CO1. The van der Waals surface area contributed by atoms with Crippen LogP contribution >= 0.6 is 0 Å². The molecule has 15 heavy (non-hydrogen) atoms. The molecule has 1 aliphatic heterocycles. The van der Waals surface area contributed by atoms with Gasteiger partial charge in [0.05, 0.1) is 0 Å². The van der Waals surface area contributed by atoms with Crippen molar-refractivity contribution in [2.24, 2.45) is 0 Å². The molecule has 0 aromatic carbocycles. The molecule has 0 spiro atoms. The minimum Gasteiger partial charge on any atom is -0.455 e. The van der Waals surface area contributed by atoms with E-state index in [1.54, 1.807) is 0 Å². The summed E-state index contributed by atoms with van der Waals surface area (Å²) in [5.74, 6) is -1.21. The number of hydrogen-bond acceptors (Lipinski definition) is 4. The van der Waals surface area contributed by atoms with E-state index in [0.29, 0.717) is 0 Å². The number of hydrogen-bond donors (Lipinski definition) is 0. The molecular formula is C8H7F3O4. The highest BCUT2D eigenvalue weighted by atomic mass is 19.4. The van der Waals surface area contributed by atoms with E-state index in [1.807, 2.05) is 0 Å². The van der Waals surface area contributed by atoms with Gasteiger partial charge in [0.15, 0.2) is 6.61 Å². The van der Waals surface area contributed by atoms with E-state index in [4.69, 9.17) is 0 Å². The fourth-order valence-corrected chi connectivity index (χ4v) is 0.740. The van der Waals surface area contributed by atoms with Crippen molar-refractivity contribution in [1.29, 1.82) is 0 Å². The Balaban J connectivity index is 2.37. The molecule has 7 heteroatoms. The Morgan fingerprint density at radius 3 is 2.40 bits per heavy atom. The van der Waals surface area contributed by atoms with E-state index in [-0.39, 0.29) is 5.57 Å². The van der Waals surface area contributed by atoms with Gasteiger partial charge in [-0.05, 0) is 0 Å². The van der Waals surface area contributed by atoms with E-state index in [1.165, 1.54) is 0 Å². The van der Waals surface area contributed by atoms with Crippen LogP contribution in [0.5, 0.6) is 0 Å². The molecule has 4 nitrogen and oxygen atoms in total. The Morgan fingerprint density at radius 1 is 1.40 bits per heavy atom. The molecule has 0 radical (unpaired) electrons. The first kappa shape index (κ1) is 11.4. The van der Waals surface area contributed by atoms with E-state index in [0.717, 1.165) is 12.5 Å². The minimum absolute atomic E-state index is 0.329. The average molecular weight is 224 g/mol. The summed E-state index contributed by atoms with van der Waals surface area (Å²) in [6, 6.07) is 0. The van der Waals surface area contributed by atoms with Crippen molar-refractivity contribution in [2.75, 3.05) is 6.61 Å². The van der Waals surface area contributed by atoms with Crippen LogP contribution in [0.15, 0.2) is 24.7 Å². The summed E-state index contributed by atoms with van der Waals surface area (Å²) in [5.41, 5.74) is -0.329. The van der Waals surface area contributed by atoms with Crippen LogP contribution in [0.4, 0.5) is 13.2 Å². The predicted octanol–water partition coefficient (Wildman–Crippen LogP) is 1.49. The molecule has 0 atom stereocenters. The molecule has 0 amide bonds. The lowest BCUT2D eigenvalue weighted by atomic mass is 10.3. The van der Waals surface area contributed by atoms with Crippen LogP contribution in [0.25, 0.3) is 0 Å². The Hall–Kier alpha value is -1.66. The monoisotopic (exact) mass is 224 g/mol. The molecule has 84 valence electrons. The quantitative estimate of drug-likeness (QED) is 0.538. The molecule has 0 aliphatic carbocycles. The summed E-state index contributed by atoms with van der Waals surface area (Å²) in [6.07, 6.45) is -3.38. The second kappa shape index (κ2) is 4.24. The van der Waals surface area contributed by atoms with Crippen molar-refractivity contribution in [3.8, 4) is 0 Å². The van der Waals surface area contributed by atoms with E-state index >= 15 is 0 Å². The minimum atomic E-state index is -4.56. The number of halogens is 3. The number of rotatable bonds is 3. The number of carbonyl (C=O) groups is 1.